The first-order chi connectivity index (χ1) is 7.86. The minimum atomic E-state index is 0.463. The number of ether oxygens (including phenoxy) is 1. The van der Waals surface area contributed by atoms with Crippen LogP contribution in [0.3, 0.4) is 0 Å². The topological polar surface area (TPSA) is 9.23 Å². The van der Waals surface area contributed by atoms with Crippen LogP contribution in [-0.2, 0) is 0 Å². The van der Waals surface area contributed by atoms with Gasteiger partial charge >= 0.3 is 0 Å². The third-order valence-electron chi connectivity index (χ3n) is 2.94. The largest absolute Gasteiger partial charge is 0.490 e. The minimum Gasteiger partial charge on any atom is -0.490 e. The quantitative estimate of drug-likeness (QED) is 0.700. The first kappa shape index (κ1) is 13.1. The van der Waals surface area contributed by atoms with Crippen molar-refractivity contribution >= 4 is 0 Å². The smallest absolute Gasteiger partial charge is 0.122 e. The summed E-state index contributed by atoms with van der Waals surface area (Å²) < 4.78 is 5.99. The Bertz CT molecular complexity index is 287. The van der Waals surface area contributed by atoms with Gasteiger partial charge in [-0.2, -0.15) is 0 Å². The number of aryl methyl sites for hydroxylation is 1. The van der Waals surface area contributed by atoms with E-state index in [1.165, 1.54) is 37.7 Å². The molecule has 1 aliphatic rings. The van der Waals surface area contributed by atoms with Crippen molar-refractivity contribution < 1.29 is 4.74 Å². The average molecular weight is 220 g/mol. The Kier molecular flexibility index (Phi) is 5.99. The molecule has 0 N–H and O–H groups in total. The molecule has 0 radical (unpaired) electrons. The maximum Gasteiger partial charge on any atom is 0.122 e. The van der Waals surface area contributed by atoms with E-state index in [2.05, 4.69) is 25.1 Å². The summed E-state index contributed by atoms with van der Waals surface area (Å²) in [6, 6.07) is 8.29. The summed E-state index contributed by atoms with van der Waals surface area (Å²) >= 11 is 0. The van der Waals surface area contributed by atoms with E-state index in [4.69, 9.17) is 4.74 Å². The van der Waals surface area contributed by atoms with Crippen molar-refractivity contribution in [2.75, 3.05) is 0 Å². The van der Waals surface area contributed by atoms with E-state index >= 15 is 0 Å². The second-order valence-electron chi connectivity index (χ2n) is 4.14. The standard InChI is InChI=1S/C13H18O.C2H6/c1-11-7-5-6-10-13(11)14-12-8-3-2-4-9-12;1-2/h5-7,10,12H,2-4,8-9H2,1H3;1-2H3. The van der Waals surface area contributed by atoms with E-state index in [9.17, 15) is 0 Å². The summed E-state index contributed by atoms with van der Waals surface area (Å²) in [6.07, 6.45) is 6.97. The molecule has 0 spiro atoms. The van der Waals surface area contributed by atoms with E-state index in [1.54, 1.807) is 0 Å². The van der Waals surface area contributed by atoms with Gasteiger partial charge in [-0.05, 0) is 44.2 Å². The van der Waals surface area contributed by atoms with E-state index in [0.717, 1.165) is 5.75 Å². The monoisotopic (exact) mass is 220 g/mol. The van der Waals surface area contributed by atoms with Gasteiger partial charge in [-0.25, -0.2) is 0 Å². The second kappa shape index (κ2) is 7.32. The van der Waals surface area contributed by atoms with Crippen molar-refractivity contribution in [3.63, 3.8) is 0 Å². The number of para-hydroxylation sites is 1. The fraction of sp³-hybridized carbons (Fsp3) is 0.600. The predicted octanol–water partition coefficient (Wildman–Crippen LogP) is 4.73. The zero-order valence-electron chi connectivity index (χ0n) is 10.8. The highest BCUT2D eigenvalue weighted by Crippen LogP contribution is 2.25. The highest BCUT2D eigenvalue weighted by atomic mass is 16.5. The molecule has 0 aliphatic heterocycles. The molecule has 1 heteroatoms. The second-order valence-corrected chi connectivity index (χ2v) is 4.14. The lowest BCUT2D eigenvalue weighted by Gasteiger charge is -2.23. The van der Waals surface area contributed by atoms with Crippen LogP contribution in [0.5, 0.6) is 5.75 Å². The van der Waals surface area contributed by atoms with E-state index in [-0.39, 0.29) is 0 Å². The number of hydrogen-bond donors (Lipinski definition) is 0. The lowest BCUT2D eigenvalue weighted by Crippen LogP contribution is -2.19. The molecule has 1 fully saturated rings. The summed E-state index contributed by atoms with van der Waals surface area (Å²) in [4.78, 5) is 0. The van der Waals surface area contributed by atoms with Crippen LogP contribution in [0.15, 0.2) is 24.3 Å². The van der Waals surface area contributed by atoms with Crippen LogP contribution in [0.4, 0.5) is 0 Å². The third-order valence-corrected chi connectivity index (χ3v) is 2.94. The van der Waals surface area contributed by atoms with Crippen molar-refractivity contribution in [2.45, 2.75) is 59.0 Å². The van der Waals surface area contributed by atoms with Crippen molar-refractivity contribution in [1.29, 1.82) is 0 Å². The van der Waals surface area contributed by atoms with Crippen LogP contribution in [-0.4, -0.2) is 6.10 Å². The molecule has 0 unspecified atom stereocenters. The normalized spacial score (nSPS) is 16.2. The van der Waals surface area contributed by atoms with Crippen molar-refractivity contribution in [3.05, 3.63) is 29.8 Å². The Morgan fingerprint density at radius 3 is 2.25 bits per heavy atom. The van der Waals surface area contributed by atoms with Gasteiger partial charge in [0.1, 0.15) is 5.75 Å². The third kappa shape index (κ3) is 3.88. The fourth-order valence-corrected chi connectivity index (χ4v) is 2.05. The number of benzene rings is 1. The van der Waals surface area contributed by atoms with Gasteiger partial charge in [0.05, 0.1) is 6.10 Å². The fourth-order valence-electron chi connectivity index (χ4n) is 2.05. The molecule has 0 saturated heterocycles. The summed E-state index contributed by atoms with van der Waals surface area (Å²) in [6.45, 7) is 6.11. The highest BCUT2D eigenvalue weighted by Gasteiger charge is 2.15. The van der Waals surface area contributed by atoms with Crippen LogP contribution < -0.4 is 4.74 Å². The van der Waals surface area contributed by atoms with Crippen LogP contribution in [0.2, 0.25) is 0 Å². The van der Waals surface area contributed by atoms with Gasteiger partial charge in [-0.15, -0.1) is 0 Å². The van der Waals surface area contributed by atoms with E-state index in [0.29, 0.717) is 6.10 Å². The van der Waals surface area contributed by atoms with Crippen LogP contribution in [0.1, 0.15) is 51.5 Å². The van der Waals surface area contributed by atoms with Gasteiger partial charge < -0.3 is 4.74 Å². The SMILES string of the molecule is CC.Cc1ccccc1OC1CCCCC1. The van der Waals surface area contributed by atoms with Crippen LogP contribution in [0, 0.1) is 6.92 Å². The molecule has 0 heterocycles. The molecule has 0 atom stereocenters. The molecule has 0 amide bonds. The summed E-state index contributed by atoms with van der Waals surface area (Å²) in [5.41, 5.74) is 1.25. The predicted molar refractivity (Wildman–Crippen MR) is 70.0 cm³/mol. The Labute approximate surface area is 99.8 Å². The molecule has 1 nitrogen and oxygen atoms in total. The molecular formula is C15H24O. The molecule has 1 aliphatic carbocycles. The maximum absolute atomic E-state index is 5.99. The Morgan fingerprint density at radius 2 is 1.62 bits per heavy atom. The Balaban J connectivity index is 0.000000606. The summed E-state index contributed by atoms with van der Waals surface area (Å²) in [7, 11) is 0. The highest BCUT2D eigenvalue weighted by molar-refractivity contribution is 5.31. The number of rotatable bonds is 2. The van der Waals surface area contributed by atoms with Gasteiger partial charge in [-0.3, -0.25) is 0 Å². The van der Waals surface area contributed by atoms with Crippen LogP contribution in [0.25, 0.3) is 0 Å². The molecule has 16 heavy (non-hydrogen) atoms. The molecule has 2 rings (SSSR count). The van der Waals surface area contributed by atoms with Crippen molar-refractivity contribution in [1.82, 2.24) is 0 Å². The first-order valence-electron chi connectivity index (χ1n) is 6.58. The molecule has 90 valence electrons. The van der Waals surface area contributed by atoms with Crippen LogP contribution >= 0.6 is 0 Å². The Hall–Kier alpha value is -0.980. The van der Waals surface area contributed by atoms with Gasteiger partial charge in [-0.1, -0.05) is 38.5 Å². The summed E-state index contributed by atoms with van der Waals surface area (Å²) in [5, 5.41) is 0. The average Bonchev–Trinajstić information content (AvgIpc) is 2.36. The van der Waals surface area contributed by atoms with Gasteiger partial charge in [0, 0.05) is 0 Å². The molecule has 1 saturated carbocycles. The summed E-state index contributed by atoms with van der Waals surface area (Å²) in [5.74, 6) is 1.07. The molecule has 0 bridgehead atoms. The van der Waals surface area contributed by atoms with E-state index in [1.807, 2.05) is 19.9 Å². The lowest BCUT2D eigenvalue weighted by molar-refractivity contribution is 0.154. The van der Waals surface area contributed by atoms with Crippen molar-refractivity contribution in [2.24, 2.45) is 0 Å². The molecular weight excluding hydrogens is 196 g/mol. The zero-order chi connectivity index (χ0) is 11.8. The van der Waals surface area contributed by atoms with E-state index < -0.39 is 0 Å². The lowest BCUT2D eigenvalue weighted by atomic mass is 9.98. The minimum absolute atomic E-state index is 0.463. The number of hydrogen-bond acceptors (Lipinski definition) is 1. The van der Waals surface area contributed by atoms with Gasteiger partial charge in [0.25, 0.3) is 0 Å². The molecule has 1 aromatic rings. The molecule has 0 aromatic heterocycles. The zero-order valence-corrected chi connectivity index (χ0v) is 10.8. The molecule has 1 aromatic carbocycles. The van der Waals surface area contributed by atoms with Gasteiger partial charge in [0.2, 0.25) is 0 Å². The van der Waals surface area contributed by atoms with Crippen molar-refractivity contribution in [3.8, 4) is 5.75 Å². The van der Waals surface area contributed by atoms with Gasteiger partial charge in [0.15, 0.2) is 0 Å². The Morgan fingerprint density at radius 1 is 1.00 bits per heavy atom. The first-order valence-corrected chi connectivity index (χ1v) is 6.58. The maximum atomic E-state index is 5.99.